The molecule has 0 unspecified atom stereocenters. The van der Waals surface area contributed by atoms with Crippen molar-refractivity contribution in [2.24, 2.45) is 0 Å². The minimum atomic E-state index is -4.09. The molecule has 3 aromatic rings. The van der Waals surface area contributed by atoms with Crippen LogP contribution in [0.2, 0.25) is 0 Å². The Morgan fingerprint density at radius 1 is 1.00 bits per heavy atom. The van der Waals surface area contributed by atoms with E-state index in [2.05, 4.69) is 13.8 Å². The van der Waals surface area contributed by atoms with E-state index in [9.17, 15) is 18.5 Å². The lowest BCUT2D eigenvalue weighted by atomic mass is 10.0. The first-order valence-corrected chi connectivity index (χ1v) is 11.2. The van der Waals surface area contributed by atoms with Gasteiger partial charge in [0.1, 0.15) is 5.75 Å². The van der Waals surface area contributed by atoms with E-state index in [1.54, 1.807) is 24.3 Å². The van der Waals surface area contributed by atoms with Crippen molar-refractivity contribution in [2.45, 2.75) is 31.2 Å². The first kappa shape index (κ1) is 22.3. The molecule has 0 heterocycles. The van der Waals surface area contributed by atoms with Crippen LogP contribution in [0.3, 0.4) is 0 Å². The zero-order valence-electron chi connectivity index (χ0n) is 17.6. The number of benzene rings is 3. The van der Waals surface area contributed by atoms with Crippen molar-refractivity contribution in [3.8, 4) is 5.75 Å². The second-order valence-electron chi connectivity index (χ2n) is 7.36. The number of hydrogen-bond donors (Lipinski definition) is 0. The van der Waals surface area contributed by atoms with Crippen molar-refractivity contribution >= 4 is 21.4 Å². The van der Waals surface area contributed by atoms with Gasteiger partial charge in [0.2, 0.25) is 0 Å². The molecule has 31 heavy (non-hydrogen) atoms. The Morgan fingerprint density at radius 2 is 1.68 bits per heavy atom. The van der Waals surface area contributed by atoms with E-state index in [1.165, 1.54) is 29.6 Å². The summed E-state index contributed by atoms with van der Waals surface area (Å²) in [4.78, 5) is 10.4. The predicted octanol–water partition coefficient (Wildman–Crippen LogP) is 5.12. The summed E-state index contributed by atoms with van der Waals surface area (Å²) < 4.78 is 33.6. The van der Waals surface area contributed by atoms with Gasteiger partial charge in [0, 0.05) is 18.2 Å². The average Bonchev–Trinajstić information content (AvgIpc) is 2.77. The molecule has 0 saturated carbocycles. The Morgan fingerprint density at radius 3 is 2.29 bits per heavy atom. The van der Waals surface area contributed by atoms with Gasteiger partial charge in [0.05, 0.1) is 29.2 Å². The lowest BCUT2D eigenvalue weighted by Gasteiger charge is -2.25. The predicted molar refractivity (Wildman–Crippen MR) is 120 cm³/mol. The molecule has 162 valence electrons. The van der Waals surface area contributed by atoms with Crippen LogP contribution in [0.15, 0.2) is 77.7 Å². The Bertz CT molecular complexity index is 1170. The molecule has 0 aliphatic carbocycles. The molecular formula is C23H24N2O5S. The normalized spacial score (nSPS) is 11.4. The van der Waals surface area contributed by atoms with Crippen LogP contribution in [-0.2, 0) is 16.6 Å². The van der Waals surface area contributed by atoms with E-state index in [0.29, 0.717) is 17.4 Å². The van der Waals surface area contributed by atoms with E-state index >= 15 is 0 Å². The van der Waals surface area contributed by atoms with Gasteiger partial charge in [-0.2, -0.15) is 0 Å². The maximum Gasteiger partial charge on any atom is 0.270 e. The molecule has 3 aromatic carbocycles. The standard InChI is InChI=1S/C23H24N2O5S/c1-17(2)19-12-10-18(11-13-19)16-24(20-6-4-8-22(14-20)30-3)31(28,29)23-9-5-7-21(15-23)25(26)27/h4-15,17H,16H2,1-3H3. The van der Waals surface area contributed by atoms with Crippen molar-refractivity contribution in [3.05, 3.63) is 94.0 Å². The number of hydrogen-bond acceptors (Lipinski definition) is 5. The Hall–Kier alpha value is -3.39. The van der Waals surface area contributed by atoms with Gasteiger partial charge < -0.3 is 4.74 Å². The van der Waals surface area contributed by atoms with E-state index in [4.69, 9.17) is 4.74 Å². The summed E-state index contributed by atoms with van der Waals surface area (Å²) in [6.07, 6.45) is 0. The van der Waals surface area contributed by atoms with Gasteiger partial charge in [-0.25, -0.2) is 8.42 Å². The number of ether oxygens (including phenoxy) is 1. The molecule has 0 spiro atoms. The largest absolute Gasteiger partial charge is 0.497 e. The minimum Gasteiger partial charge on any atom is -0.497 e. The molecule has 8 heteroatoms. The van der Waals surface area contributed by atoms with Crippen molar-refractivity contribution < 1.29 is 18.1 Å². The van der Waals surface area contributed by atoms with Gasteiger partial charge in [0.15, 0.2) is 0 Å². The van der Waals surface area contributed by atoms with E-state index in [0.717, 1.165) is 17.2 Å². The maximum absolute atomic E-state index is 13.5. The van der Waals surface area contributed by atoms with Gasteiger partial charge in [-0.3, -0.25) is 14.4 Å². The van der Waals surface area contributed by atoms with Crippen molar-refractivity contribution in [3.63, 3.8) is 0 Å². The van der Waals surface area contributed by atoms with Crippen LogP contribution in [0, 0.1) is 10.1 Å². The van der Waals surface area contributed by atoms with Crippen molar-refractivity contribution in [2.75, 3.05) is 11.4 Å². The number of rotatable bonds is 8. The number of sulfonamides is 1. The van der Waals surface area contributed by atoms with Crippen LogP contribution < -0.4 is 9.04 Å². The highest BCUT2D eigenvalue weighted by atomic mass is 32.2. The molecule has 7 nitrogen and oxygen atoms in total. The fraction of sp³-hybridized carbons (Fsp3) is 0.217. The van der Waals surface area contributed by atoms with Gasteiger partial charge in [-0.05, 0) is 35.2 Å². The highest BCUT2D eigenvalue weighted by Gasteiger charge is 2.27. The molecular weight excluding hydrogens is 416 g/mol. The van der Waals surface area contributed by atoms with Crippen LogP contribution in [0.1, 0.15) is 30.9 Å². The number of nitro groups is 1. The summed E-state index contributed by atoms with van der Waals surface area (Å²) in [5.74, 6) is 0.865. The molecule has 0 fully saturated rings. The molecule has 0 aliphatic heterocycles. The molecule has 0 amide bonds. The van der Waals surface area contributed by atoms with Crippen LogP contribution in [0.4, 0.5) is 11.4 Å². The number of nitrogens with zero attached hydrogens (tertiary/aromatic N) is 2. The van der Waals surface area contributed by atoms with Crippen LogP contribution in [-0.4, -0.2) is 20.5 Å². The Kier molecular flexibility index (Phi) is 6.60. The maximum atomic E-state index is 13.5. The summed E-state index contributed by atoms with van der Waals surface area (Å²) in [5, 5.41) is 11.2. The SMILES string of the molecule is COc1cccc(N(Cc2ccc(C(C)C)cc2)S(=O)(=O)c2cccc([N+](=O)[O-])c2)c1. The molecule has 0 radical (unpaired) electrons. The van der Waals surface area contributed by atoms with Crippen LogP contribution in [0.5, 0.6) is 5.75 Å². The van der Waals surface area contributed by atoms with Crippen LogP contribution >= 0.6 is 0 Å². The Balaban J connectivity index is 2.08. The quantitative estimate of drug-likeness (QED) is 0.358. The smallest absolute Gasteiger partial charge is 0.270 e. The first-order valence-electron chi connectivity index (χ1n) is 9.72. The third-order valence-corrected chi connectivity index (χ3v) is 6.70. The third kappa shape index (κ3) is 5.03. The van der Waals surface area contributed by atoms with E-state index in [-0.39, 0.29) is 17.1 Å². The van der Waals surface area contributed by atoms with E-state index < -0.39 is 14.9 Å². The Labute approximate surface area is 182 Å². The highest BCUT2D eigenvalue weighted by molar-refractivity contribution is 7.92. The number of anilines is 1. The van der Waals surface area contributed by atoms with Crippen LogP contribution in [0.25, 0.3) is 0 Å². The fourth-order valence-corrected chi connectivity index (χ4v) is 4.62. The summed E-state index contributed by atoms with van der Waals surface area (Å²) in [6.45, 7) is 4.24. The summed E-state index contributed by atoms with van der Waals surface area (Å²) >= 11 is 0. The van der Waals surface area contributed by atoms with Gasteiger partial charge in [-0.1, -0.05) is 50.2 Å². The summed E-state index contributed by atoms with van der Waals surface area (Å²) in [7, 11) is -2.58. The second-order valence-corrected chi connectivity index (χ2v) is 9.23. The minimum absolute atomic E-state index is 0.0660. The topological polar surface area (TPSA) is 89.8 Å². The lowest BCUT2D eigenvalue weighted by Crippen LogP contribution is -2.30. The molecule has 0 aromatic heterocycles. The molecule has 0 N–H and O–H groups in total. The lowest BCUT2D eigenvalue weighted by molar-refractivity contribution is -0.385. The van der Waals surface area contributed by atoms with Gasteiger partial charge >= 0.3 is 0 Å². The zero-order chi connectivity index (χ0) is 22.6. The highest BCUT2D eigenvalue weighted by Crippen LogP contribution is 2.30. The second kappa shape index (κ2) is 9.18. The fourth-order valence-electron chi connectivity index (χ4n) is 3.14. The van der Waals surface area contributed by atoms with Crippen molar-refractivity contribution in [1.82, 2.24) is 0 Å². The number of nitro benzene ring substituents is 1. The third-order valence-electron chi connectivity index (χ3n) is 4.93. The number of methoxy groups -OCH3 is 1. The van der Waals surface area contributed by atoms with Gasteiger partial charge in [-0.15, -0.1) is 0 Å². The van der Waals surface area contributed by atoms with E-state index in [1.807, 2.05) is 24.3 Å². The average molecular weight is 441 g/mol. The summed E-state index contributed by atoms with van der Waals surface area (Å²) in [6, 6.07) is 19.5. The number of non-ortho nitro benzene ring substituents is 1. The first-order chi connectivity index (χ1) is 14.7. The molecule has 0 aliphatic rings. The molecule has 0 atom stereocenters. The summed E-state index contributed by atoms with van der Waals surface area (Å²) in [5.41, 5.74) is 2.06. The molecule has 0 bridgehead atoms. The van der Waals surface area contributed by atoms with Crippen molar-refractivity contribution in [1.29, 1.82) is 0 Å². The monoisotopic (exact) mass is 440 g/mol. The molecule has 0 saturated heterocycles. The zero-order valence-corrected chi connectivity index (χ0v) is 18.4. The van der Waals surface area contributed by atoms with Gasteiger partial charge in [0.25, 0.3) is 15.7 Å². The molecule has 3 rings (SSSR count).